The molecular weight excluding hydrogens is 964 g/mol. The second-order valence-corrected chi connectivity index (χ2v) is 18.8. The maximum absolute atomic E-state index is 6.92. The number of hydrogen-bond acceptors (Lipinski definition) is 4. The predicted octanol–water partition coefficient (Wildman–Crippen LogP) is 16.1. The summed E-state index contributed by atoms with van der Waals surface area (Å²) < 4.78 is 9.16. The van der Waals surface area contributed by atoms with Crippen molar-refractivity contribution in [3.05, 3.63) is 175 Å². The summed E-state index contributed by atoms with van der Waals surface area (Å²) in [5.74, 6) is 2.17. The van der Waals surface area contributed by atoms with Crippen LogP contribution < -0.4 is 14.5 Å². The van der Waals surface area contributed by atoms with Gasteiger partial charge in [-0.1, -0.05) is 135 Å². The summed E-state index contributed by atoms with van der Waals surface area (Å²) in [6.45, 7) is 22.9. The van der Waals surface area contributed by atoms with Gasteiger partial charge in [-0.05, 0) is 112 Å². The first kappa shape index (κ1) is 44.9. The fourth-order valence-electron chi connectivity index (χ4n) is 9.29. The second-order valence-electron chi connectivity index (χ2n) is 18.8. The van der Waals surface area contributed by atoms with Crippen LogP contribution in [0.2, 0.25) is 0 Å². The van der Waals surface area contributed by atoms with Crippen LogP contribution in [0.1, 0.15) is 105 Å². The molecule has 64 heavy (non-hydrogen) atoms. The van der Waals surface area contributed by atoms with Crippen molar-refractivity contribution in [2.24, 2.45) is 0 Å². The van der Waals surface area contributed by atoms with E-state index in [1.54, 1.807) is 0 Å². The summed E-state index contributed by atoms with van der Waals surface area (Å²) in [6, 6.07) is 55.4. The van der Waals surface area contributed by atoms with Gasteiger partial charge in [0.25, 0.3) is 0 Å². The van der Waals surface area contributed by atoms with Crippen molar-refractivity contribution < 1.29 is 25.8 Å². The van der Waals surface area contributed by atoms with Crippen LogP contribution in [0.15, 0.2) is 140 Å². The van der Waals surface area contributed by atoms with Gasteiger partial charge in [-0.2, -0.15) is 6.07 Å². The van der Waals surface area contributed by atoms with Gasteiger partial charge in [0.2, 0.25) is 0 Å². The zero-order chi connectivity index (χ0) is 44.1. The summed E-state index contributed by atoms with van der Waals surface area (Å²) in [5.41, 5.74) is 12.5. The maximum atomic E-state index is 6.92. The van der Waals surface area contributed by atoms with Gasteiger partial charge in [0.05, 0.1) is 0 Å². The van der Waals surface area contributed by atoms with Crippen LogP contribution in [-0.4, -0.2) is 9.55 Å². The van der Waals surface area contributed by atoms with Crippen LogP contribution in [0, 0.1) is 18.8 Å². The Balaban J connectivity index is 0.00000560. The minimum Gasteiger partial charge on any atom is -0.509 e. The number of aromatic nitrogens is 2. The molecule has 0 atom stereocenters. The number of rotatable bonds is 12. The average Bonchev–Trinajstić information content (AvgIpc) is 3.87. The SMILES string of the molecule is CCC(C)(CC)c1cc(Oc2[c-]c3c(cc2)c2ccccc2n3-c2cc(C(C)(CC)CC)ccn2)[c-]c(N2[CH-]N(c3ccc(C(C)(C)C)c(-c4ccccc4)c3)c3ccccc32)c1.[Pt]. The van der Waals surface area contributed by atoms with E-state index < -0.39 is 0 Å². The van der Waals surface area contributed by atoms with Crippen LogP contribution in [0.5, 0.6) is 11.5 Å². The summed E-state index contributed by atoms with van der Waals surface area (Å²) in [7, 11) is 0. The minimum absolute atomic E-state index is 0. The van der Waals surface area contributed by atoms with E-state index in [1.807, 2.05) is 12.3 Å². The molecule has 0 aliphatic carbocycles. The van der Waals surface area contributed by atoms with Gasteiger partial charge < -0.3 is 19.1 Å². The summed E-state index contributed by atoms with van der Waals surface area (Å²) in [4.78, 5) is 9.53. The molecule has 0 fully saturated rings. The van der Waals surface area contributed by atoms with Gasteiger partial charge in [0.1, 0.15) is 5.82 Å². The van der Waals surface area contributed by atoms with Crippen molar-refractivity contribution in [2.45, 2.75) is 104 Å². The average molecular weight is 1020 g/mol. The van der Waals surface area contributed by atoms with E-state index in [0.29, 0.717) is 11.5 Å². The topological polar surface area (TPSA) is 33.5 Å². The molecular formula is C58H59N4OPt-3. The molecule has 0 unspecified atom stereocenters. The number of para-hydroxylation sites is 3. The molecule has 0 spiro atoms. The zero-order valence-electron chi connectivity index (χ0n) is 38.7. The van der Waals surface area contributed by atoms with E-state index >= 15 is 0 Å². The van der Waals surface area contributed by atoms with Crippen LogP contribution in [0.3, 0.4) is 0 Å². The Morgan fingerprint density at radius 3 is 1.95 bits per heavy atom. The van der Waals surface area contributed by atoms with Crippen molar-refractivity contribution in [2.75, 3.05) is 9.80 Å². The molecule has 5 nitrogen and oxygen atoms in total. The molecule has 0 bridgehead atoms. The van der Waals surface area contributed by atoms with E-state index in [0.717, 1.165) is 76.1 Å². The maximum Gasteiger partial charge on any atom is 0.135 e. The first-order valence-corrected chi connectivity index (χ1v) is 22.8. The Hall–Kier alpha value is -5.64. The zero-order valence-corrected chi connectivity index (χ0v) is 41.0. The van der Waals surface area contributed by atoms with E-state index in [9.17, 15) is 0 Å². The molecule has 330 valence electrons. The number of benzene rings is 6. The number of fused-ring (bicyclic) bond motifs is 4. The molecule has 3 heterocycles. The van der Waals surface area contributed by atoms with E-state index in [1.165, 1.54) is 27.8 Å². The van der Waals surface area contributed by atoms with Crippen LogP contribution in [0.25, 0.3) is 38.8 Å². The summed E-state index contributed by atoms with van der Waals surface area (Å²) >= 11 is 0. The molecule has 0 radical (unpaired) electrons. The number of ether oxygens (including phenoxy) is 1. The van der Waals surface area contributed by atoms with Gasteiger partial charge in [0.15, 0.2) is 0 Å². The van der Waals surface area contributed by atoms with Crippen LogP contribution in [-0.2, 0) is 37.3 Å². The normalized spacial score (nSPS) is 13.1. The van der Waals surface area contributed by atoms with Gasteiger partial charge >= 0.3 is 0 Å². The monoisotopic (exact) mass is 1020 g/mol. The Morgan fingerprint density at radius 1 is 0.594 bits per heavy atom. The Morgan fingerprint density at radius 2 is 1.25 bits per heavy atom. The van der Waals surface area contributed by atoms with E-state index in [4.69, 9.17) is 9.72 Å². The Bertz CT molecular complexity index is 2940. The number of nitrogens with zero attached hydrogens (tertiary/aromatic N) is 4. The van der Waals surface area contributed by atoms with Crippen molar-refractivity contribution in [3.8, 4) is 28.4 Å². The number of anilines is 4. The largest absolute Gasteiger partial charge is 0.509 e. The summed E-state index contributed by atoms with van der Waals surface area (Å²) in [5, 5.41) is 2.27. The third kappa shape index (κ3) is 8.06. The first-order valence-electron chi connectivity index (χ1n) is 22.8. The molecule has 6 aromatic carbocycles. The molecule has 6 heteroatoms. The van der Waals surface area contributed by atoms with Gasteiger partial charge in [-0.3, -0.25) is 0 Å². The fraction of sp³-hybridized carbons (Fsp3) is 0.276. The standard InChI is InChI=1S/C58H59N4O.Pt/c1-10-57(8,11-2)41-31-32-59-55(35-41)62-51-24-18-17-23-47(51)48-29-28-45(38-54(48)62)63-46-34-42(58(9,12-3)13-4)33-44(36-46)61-39-60(52-25-19-20-26-53(52)61)43-27-30-50(56(5,6)7)49(37-43)40-21-15-14-16-22-40;/h14-35,37,39H,10-13H2,1-9H3;/q-3;. The molecule has 1 aliphatic heterocycles. The molecule has 0 N–H and O–H groups in total. The first-order chi connectivity index (χ1) is 30.4. The van der Waals surface area contributed by atoms with Crippen molar-refractivity contribution in [1.82, 2.24) is 9.55 Å². The van der Waals surface area contributed by atoms with Crippen molar-refractivity contribution >= 4 is 44.6 Å². The number of hydrogen-bond donors (Lipinski definition) is 0. The van der Waals surface area contributed by atoms with E-state index in [2.05, 4.69) is 223 Å². The van der Waals surface area contributed by atoms with Crippen LogP contribution >= 0.6 is 0 Å². The Kier molecular flexibility index (Phi) is 12.5. The van der Waals surface area contributed by atoms with Gasteiger partial charge in [0, 0.05) is 61.3 Å². The molecule has 1 aliphatic rings. The van der Waals surface area contributed by atoms with Gasteiger partial charge in [-0.15, -0.1) is 53.6 Å². The smallest absolute Gasteiger partial charge is 0.135 e. The molecule has 8 aromatic rings. The van der Waals surface area contributed by atoms with Crippen molar-refractivity contribution in [1.29, 1.82) is 0 Å². The van der Waals surface area contributed by atoms with Crippen molar-refractivity contribution in [3.63, 3.8) is 0 Å². The predicted molar refractivity (Wildman–Crippen MR) is 264 cm³/mol. The molecule has 0 saturated carbocycles. The quantitative estimate of drug-likeness (QED) is 0.114. The van der Waals surface area contributed by atoms with Crippen LogP contribution in [0.4, 0.5) is 22.7 Å². The molecule has 9 rings (SSSR count). The number of pyridine rings is 1. The third-order valence-corrected chi connectivity index (χ3v) is 14.2. The van der Waals surface area contributed by atoms with Gasteiger partial charge in [-0.25, -0.2) is 4.98 Å². The minimum atomic E-state index is -0.0729. The molecule has 0 amide bonds. The Labute approximate surface area is 395 Å². The van der Waals surface area contributed by atoms with E-state index in [-0.39, 0.29) is 37.3 Å². The molecule has 0 saturated heterocycles. The second kappa shape index (κ2) is 17.7. The fourth-order valence-corrected chi connectivity index (χ4v) is 9.29. The third-order valence-electron chi connectivity index (χ3n) is 14.2. The summed E-state index contributed by atoms with van der Waals surface area (Å²) in [6.07, 6.45) is 6.03. The molecule has 2 aromatic heterocycles.